The van der Waals surface area contributed by atoms with E-state index in [1.54, 1.807) is 7.11 Å². The summed E-state index contributed by atoms with van der Waals surface area (Å²) in [5, 5.41) is 8.76. The normalized spacial score (nSPS) is 18.1. The smallest absolute Gasteiger partial charge is 0.297 e. The van der Waals surface area contributed by atoms with Gasteiger partial charge in [-0.15, -0.1) is 0 Å². The summed E-state index contributed by atoms with van der Waals surface area (Å²) in [6.45, 7) is 2.89. The average Bonchev–Trinajstić information content (AvgIpc) is 3.61. The van der Waals surface area contributed by atoms with Crippen molar-refractivity contribution < 1.29 is 19.3 Å². The molecule has 0 saturated carbocycles. The van der Waals surface area contributed by atoms with Gasteiger partial charge in [0.25, 0.3) is 12.0 Å². The summed E-state index contributed by atoms with van der Waals surface area (Å²) in [5.74, 6) is 0. The summed E-state index contributed by atoms with van der Waals surface area (Å²) in [6.07, 6.45) is 6.63. The van der Waals surface area contributed by atoms with Crippen LogP contribution in [0.3, 0.4) is 0 Å². The van der Waals surface area contributed by atoms with Crippen LogP contribution in [0.2, 0.25) is 0 Å². The number of aliphatic hydroxyl groups excluding tert-OH is 1. The van der Waals surface area contributed by atoms with E-state index in [0.29, 0.717) is 0 Å². The second-order valence-electron chi connectivity index (χ2n) is 9.18. The van der Waals surface area contributed by atoms with E-state index in [1.807, 2.05) is 36.4 Å². The first kappa shape index (κ1) is 23.6. The number of unbranched alkanes of at least 4 members (excludes halogenated alkanes) is 2. The molecule has 4 aromatic rings. The van der Waals surface area contributed by atoms with Crippen molar-refractivity contribution >= 4 is 22.1 Å². The number of aromatic nitrogens is 4. The third-order valence-corrected chi connectivity index (χ3v) is 6.61. The Labute approximate surface area is 205 Å². The molecule has 0 spiro atoms. The van der Waals surface area contributed by atoms with Crippen LogP contribution >= 0.6 is 0 Å². The summed E-state index contributed by atoms with van der Waals surface area (Å²) in [7, 11) is 1.74. The van der Waals surface area contributed by atoms with Gasteiger partial charge in [-0.2, -0.15) is 9.97 Å². The highest BCUT2D eigenvalue weighted by Gasteiger charge is 2.26. The van der Waals surface area contributed by atoms with Gasteiger partial charge in [-0.25, -0.2) is 0 Å². The molecular formula is C27H34N4O4. The van der Waals surface area contributed by atoms with Crippen molar-refractivity contribution in [3.8, 4) is 12.0 Å². The topological polar surface area (TPSA) is 83.6 Å². The fraction of sp³-hybridized carbons (Fsp3) is 0.481. The lowest BCUT2D eigenvalue weighted by atomic mass is 10.1. The number of methoxy groups -OCH3 is 1. The number of para-hydroxylation sites is 4. The van der Waals surface area contributed by atoms with Gasteiger partial charge in [0.15, 0.2) is 0 Å². The van der Waals surface area contributed by atoms with Crippen molar-refractivity contribution in [2.45, 2.75) is 63.8 Å². The van der Waals surface area contributed by atoms with Gasteiger partial charge in [0.1, 0.15) is 12.2 Å². The van der Waals surface area contributed by atoms with Crippen molar-refractivity contribution in [1.29, 1.82) is 0 Å². The van der Waals surface area contributed by atoms with Crippen LogP contribution in [0, 0.1) is 0 Å². The fourth-order valence-electron chi connectivity index (χ4n) is 4.82. The van der Waals surface area contributed by atoms with E-state index in [0.717, 1.165) is 86.8 Å². The molecule has 2 aromatic heterocycles. The van der Waals surface area contributed by atoms with E-state index < -0.39 is 0 Å². The zero-order valence-electron chi connectivity index (χ0n) is 20.3. The Balaban J connectivity index is 0.000000145. The maximum Gasteiger partial charge on any atom is 0.297 e. The molecule has 6 rings (SSSR count). The summed E-state index contributed by atoms with van der Waals surface area (Å²) in [5.41, 5.74) is 4.33. The monoisotopic (exact) mass is 478 g/mol. The van der Waals surface area contributed by atoms with Gasteiger partial charge in [-0.05, 0) is 62.8 Å². The first-order valence-corrected chi connectivity index (χ1v) is 12.6. The van der Waals surface area contributed by atoms with Crippen LogP contribution in [0.1, 0.15) is 38.5 Å². The van der Waals surface area contributed by atoms with E-state index in [4.69, 9.17) is 19.3 Å². The first-order chi connectivity index (χ1) is 17.3. The summed E-state index contributed by atoms with van der Waals surface area (Å²) in [4.78, 5) is 8.97. The predicted molar refractivity (Wildman–Crippen MR) is 135 cm³/mol. The zero-order valence-corrected chi connectivity index (χ0v) is 20.3. The molecule has 0 saturated heterocycles. The molecule has 0 bridgehead atoms. The standard InChI is InChI=1S/C14H18N2O2.C13H16N2O2/c1-17-9-5-4-6-11-10-16-13-8-3-2-7-12(13)15-14(16)18-11;16-8-4-3-5-10-9-15-12-7-2-1-6-11(12)14-13(15)17-10/h2-3,7-8,11H,4-6,9-10H2,1H3;1-2,6-7,10,16H,3-5,8-9H2. The number of hydrogen-bond donors (Lipinski definition) is 1. The maximum atomic E-state index is 8.76. The molecule has 0 fully saturated rings. The van der Waals surface area contributed by atoms with Crippen LogP contribution < -0.4 is 9.47 Å². The molecule has 8 heteroatoms. The van der Waals surface area contributed by atoms with E-state index in [-0.39, 0.29) is 18.8 Å². The van der Waals surface area contributed by atoms with Gasteiger partial charge in [0.05, 0.1) is 35.2 Å². The van der Waals surface area contributed by atoms with Gasteiger partial charge in [0.2, 0.25) is 0 Å². The Bertz CT molecular complexity index is 1250. The third kappa shape index (κ3) is 5.28. The number of rotatable bonds is 9. The zero-order chi connectivity index (χ0) is 24.0. The SMILES string of the molecule is COCCCCC1Cn2c(nc3ccccc32)O1.OCCCCC1Cn2c(nc3ccccc32)O1. The molecule has 0 radical (unpaired) electrons. The van der Waals surface area contributed by atoms with Crippen LogP contribution in [-0.2, 0) is 17.8 Å². The van der Waals surface area contributed by atoms with Gasteiger partial charge in [0, 0.05) is 20.3 Å². The minimum atomic E-state index is 0.216. The van der Waals surface area contributed by atoms with Crippen molar-refractivity contribution in [3.63, 3.8) is 0 Å². The second kappa shape index (κ2) is 11.1. The molecule has 4 heterocycles. The van der Waals surface area contributed by atoms with Crippen LogP contribution in [0.5, 0.6) is 12.0 Å². The minimum absolute atomic E-state index is 0.216. The van der Waals surface area contributed by atoms with Crippen LogP contribution in [0.4, 0.5) is 0 Å². The van der Waals surface area contributed by atoms with Gasteiger partial charge in [-0.1, -0.05) is 24.3 Å². The van der Waals surface area contributed by atoms with Crippen molar-refractivity contribution in [3.05, 3.63) is 48.5 Å². The number of fused-ring (bicyclic) bond motifs is 6. The molecule has 2 aliphatic rings. The molecule has 1 N–H and O–H groups in total. The Morgan fingerprint density at radius 3 is 1.83 bits per heavy atom. The minimum Gasteiger partial charge on any atom is -0.459 e. The molecule has 2 atom stereocenters. The van der Waals surface area contributed by atoms with E-state index in [2.05, 4.69) is 31.2 Å². The van der Waals surface area contributed by atoms with Crippen LogP contribution in [0.15, 0.2) is 48.5 Å². The summed E-state index contributed by atoms with van der Waals surface area (Å²) in [6, 6.07) is 17.8. The predicted octanol–water partition coefficient (Wildman–Crippen LogP) is 4.57. The number of hydrogen-bond acceptors (Lipinski definition) is 6. The fourth-order valence-corrected chi connectivity index (χ4v) is 4.82. The number of aliphatic hydroxyl groups is 1. The van der Waals surface area contributed by atoms with Crippen molar-refractivity contribution in [1.82, 2.24) is 19.1 Å². The van der Waals surface area contributed by atoms with Crippen LogP contribution in [-0.4, -0.2) is 56.7 Å². The highest BCUT2D eigenvalue weighted by molar-refractivity contribution is 5.77. The van der Waals surface area contributed by atoms with E-state index in [1.165, 1.54) is 5.52 Å². The first-order valence-electron chi connectivity index (χ1n) is 12.6. The number of benzene rings is 2. The highest BCUT2D eigenvalue weighted by Crippen LogP contribution is 2.30. The Morgan fingerprint density at radius 2 is 1.31 bits per heavy atom. The van der Waals surface area contributed by atoms with E-state index in [9.17, 15) is 0 Å². The molecule has 2 aliphatic heterocycles. The number of imidazole rings is 2. The van der Waals surface area contributed by atoms with Gasteiger partial charge >= 0.3 is 0 Å². The molecular weight excluding hydrogens is 444 g/mol. The van der Waals surface area contributed by atoms with Crippen molar-refractivity contribution in [2.24, 2.45) is 0 Å². The summed E-state index contributed by atoms with van der Waals surface area (Å²) < 4.78 is 21.1. The molecule has 0 amide bonds. The molecule has 8 nitrogen and oxygen atoms in total. The van der Waals surface area contributed by atoms with Gasteiger partial charge < -0.3 is 19.3 Å². The second-order valence-corrected chi connectivity index (χ2v) is 9.18. The van der Waals surface area contributed by atoms with E-state index >= 15 is 0 Å². The Hall–Kier alpha value is -3.10. The Morgan fingerprint density at radius 1 is 0.800 bits per heavy atom. The third-order valence-electron chi connectivity index (χ3n) is 6.61. The molecule has 35 heavy (non-hydrogen) atoms. The summed E-state index contributed by atoms with van der Waals surface area (Å²) >= 11 is 0. The molecule has 0 aliphatic carbocycles. The number of nitrogens with zero attached hydrogens (tertiary/aromatic N) is 4. The molecule has 2 unspecified atom stereocenters. The lowest BCUT2D eigenvalue weighted by Gasteiger charge is -2.08. The van der Waals surface area contributed by atoms with Crippen molar-refractivity contribution in [2.75, 3.05) is 20.3 Å². The Kier molecular flexibility index (Phi) is 7.49. The molecule has 186 valence electrons. The quantitative estimate of drug-likeness (QED) is 0.355. The lowest BCUT2D eigenvalue weighted by molar-refractivity contribution is 0.176. The average molecular weight is 479 g/mol. The molecule has 2 aromatic carbocycles. The largest absolute Gasteiger partial charge is 0.459 e. The lowest BCUT2D eigenvalue weighted by Crippen LogP contribution is -2.14. The maximum absolute atomic E-state index is 8.76. The van der Waals surface area contributed by atoms with Crippen LogP contribution in [0.25, 0.3) is 22.1 Å². The number of ether oxygens (including phenoxy) is 3. The highest BCUT2D eigenvalue weighted by atomic mass is 16.5. The van der Waals surface area contributed by atoms with Gasteiger partial charge in [-0.3, -0.25) is 9.13 Å².